The van der Waals surface area contributed by atoms with E-state index in [1.54, 1.807) is 6.07 Å². The Morgan fingerprint density at radius 2 is 2.22 bits per heavy atom. The molecule has 2 rings (SSSR count). The number of hydrogen-bond acceptors (Lipinski definition) is 5. The fraction of sp³-hybridized carbons (Fsp3) is 0.500. The third-order valence-electron chi connectivity index (χ3n) is 2.96. The van der Waals surface area contributed by atoms with Crippen LogP contribution in [0.1, 0.15) is 6.42 Å². The summed E-state index contributed by atoms with van der Waals surface area (Å²) in [4.78, 5) is 10.3. The first kappa shape index (κ1) is 12.6. The van der Waals surface area contributed by atoms with Gasteiger partial charge in [-0.25, -0.2) is 0 Å². The molecular weight excluding hydrogens is 236 g/mol. The standard InChI is InChI=1S/C12H16N2O4/c1-17-11-4-10(14(15)16)5-12(6-11)18-8-9-2-3-13-7-9/h4-6,9,13H,2-3,7-8H2,1H3. The Hall–Kier alpha value is -1.82. The van der Waals surface area contributed by atoms with Crippen molar-refractivity contribution >= 4 is 5.69 Å². The molecule has 0 amide bonds. The lowest BCUT2D eigenvalue weighted by Gasteiger charge is -2.11. The molecule has 6 nitrogen and oxygen atoms in total. The summed E-state index contributed by atoms with van der Waals surface area (Å²) in [7, 11) is 1.48. The first-order valence-corrected chi connectivity index (χ1v) is 5.86. The molecule has 0 radical (unpaired) electrons. The van der Waals surface area contributed by atoms with Crippen LogP contribution in [0.25, 0.3) is 0 Å². The number of ether oxygens (including phenoxy) is 2. The van der Waals surface area contributed by atoms with Crippen LogP contribution in [0.2, 0.25) is 0 Å². The highest BCUT2D eigenvalue weighted by molar-refractivity contribution is 5.46. The van der Waals surface area contributed by atoms with Crippen LogP contribution in [0, 0.1) is 16.0 Å². The molecule has 0 aromatic heterocycles. The Labute approximate surface area is 105 Å². The molecule has 0 aliphatic carbocycles. The van der Waals surface area contributed by atoms with Gasteiger partial charge in [-0.3, -0.25) is 10.1 Å². The molecule has 1 saturated heterocycles. The van der Waals surface area contributed by atoms with Crippen molar-refractivity contribution < 1.29 is 14.4 Å². The first-order valence-electron chi connectivity index (χ1n) is 5.86. The fourth-order valence-corrected chi connectivity index (χ4v) is 1.93. The SMILES string of the molecule is COc1cc(OCC2CCNC2)cc([N+](=O)[O-])c1. The van der Waals surface area contributed by atoms with Crippen LogP contribution in [-0.4, -0.2) is 31.7 Å². The van der Waals surface area contributed by atoms with Crippen LogP contribution >= 0.6 is 0 Å². The van der Waals surface area contributed by atoms with E-state index in [2.05, 4.69) is 5.32 Å². The van der Waals surface area contributed by atoms with Crippen molar-refractivity contribution in [2.45, 2.75) is 6.42 Å². The summed E-state index contributed by atoms with van der Waals surface area (Å²) in [6.45, 7) is 2.51. The van der Waals surface area contributed by atoms with E-state index < -0.39 is 4.92 Å². The number of hydrogen-bond donors (Lipinski definition) is 1. The van der Waals surface area contributed by atoms with Gasteiger partial charge in [0.1, 0.15) is 11.5 Å². The van der Waals surface area contributed by atoms with Gasteiger partial charge < -0.3 is 14.8 Å². The predicted octanol–water partition coefficient (Wildman–Crippen LogP) is 1.59. The van der Waals surface area contributed by atoms with Gasteiger partial charge in [0.2, 0.25) is 0 Å². The minimum absolute atomic E-state index is 0.0195. The molecule has 6 heteroatoms. The third-order valence-corrected chi connectivity index (χ3v) is 2.96. The molecule has 1 atom stereocenters. The highest BCUT2D eigenvalue weighted by Gasteiger charge is 2.16. The monoisotopic (exact) mass is 252 g/mol. The molecule has 18 heavy (non-hydrogen) atoms. The van der Waals surface area contributed by atoms with Crippen LogP contribution in [0.5, 0.6) is 11.5 Å². The van der Waals surface area contributed by atoms with Crippen molar-refractivity contribution in [3.8, 4) is 11.5 Å². The number of nitrogens with one attached hydrogen (secondary N) is 1. The average Bonchev–Trinajstić information content (AvgIpc) is 2.89. The molecule has 1 unspecified atom stereocenters. The molecule has 1 N–H and O–H groups in total. The highest BCUT2D eigenvalue weighted by atomic mass is 16.6. The number of rotatable bonds is 5. The summed E-state index contributed by atoms with van der Waals surface area (Å²) in [6.07, 6.45) is 1.08. The molecule has 0 bridgehead atoms. The Morgan fingerprint density at radius 3 is 2.83 bits per heavy atom. The molecule has 1 aromatic carbocycles. The summed E-state index contributed by atoms with van der Waals surface area (Å²) >= 11 is 0. The third kappa shape index (κ3) is 3.10. The van der Waals surface area contributed by atoms with Crippen molar-refractivity contribution in [3.05, 3.63) is 28.3 Å². The van der Waals surface area contributed by atoms with Crippen LogP contribution in [0.4, 0.5) is 5.69 Å². The molecule has 98 valence electrons. The van der Waals surface area contributed by atoms with E-state index in [1.807, 2.05) is 0 Å². The molecule has 1 aromatic rings. The quantitative estimate of drug-likeness (QED) is 0.636. The molecule has 1 fully saturated rings. The summed E-state index contributed by atoms with van der Waals surface area (Å²) in [5.74, 6) is 1.38. The Bertz CT molecular complexity index is 430. The zero-order valence-corrected chi connectivity index (χ0v) is 10.2. The number of nitro groups is 1. The minimum Gasteiger partial charge on any atom is -0.496 e. The van der Waals surface area contributed by atoms with Gasteiger partial charge in [-0.1, -0.05) is 0 Å². The van der Waals surface area contributed by atoms with Gasteiger partial charge in [-0.05, 0) is 13.0 Å². The summed E-state index contributed by atoms with van der Waals surface area (Å²) in [6, 6.07) is 4.46. The van der Waals surface area contributed by atoms with Gasteiger partial charge in [-0.15, -0.1) is 0 Å². The largest absolute Gasteiger partial charge is 0.496 e. The fourth-order valence-electron chi connectivity index (χ4n) is 1.93. The Balaban J connectivity index is 2.05. The maximum Gasteiger partial charge on any atom is 0.276 e. The maximum atomic E-state index is 10.8. The molecule has 0 spiro atoms. The van der Waals surface area contributed by atoms with E-state index in [-0.39, 0.29) is 5.69 Å². The summed E-state index contributed by atoms with van der Waals surface area (Å²) < 4.78 is 10.6. The van der Waals surface area contributed by atoms with E-state index in [4.69, 9.17) is 9.47 Å². The van der Waals surface area contributed by atoms with Gasteiger partial charge in [0.15, 0.2) is 0 Å². The Morgan fingerprint density at radius 1 is 1.44 bits per heavy atom. The lowest BCUT2D eigenvalue weighted by molar-refractivity contribution is -0.385. The van der Waals surface area contributed by atoms with Crippen molar-refractivity contribution in [1.82, 2.24) is 5.32 Å². The van der Waals surface area contributed by atoms with Gasteiger partial charge in [-0.2, -0.15) is 0 Å². The van der Waals surface area contributed by atoms with Gasteiger partial charge in [0.25, 0.3) is 5.69 Å². The number of benzene rings is 1. The number of nitro benzene ring substituents is 1. The zero-order chi connectivity index (χ0) is 13.0. The summed E-state index contributed by atoms with van der Waals surface area (Å²) in [5.41, 5.74) is -0.0195. The second-order valence-corrected chi connectivity index (χ2v) is 4.29. The van der Waals surface area contributed by atoms with Crippen LogP contribution in [-0.2, 0) is 0 Å². The summed E-state index contributed by atoms with van der Waals surface area (Å²) in [5, 5.41) is 14.0. The van der Waals surface area contributed by atoms with Crippen LogP contribution < -0.4 is 14.8 Å². The van der Waals surface area contributed by atoms with E-state index in [1.165, 1.54) is 19.2 Å². The molecular formula is C12H16N2O4. The van der Waals surface area contributed by atoms with Gasteiger partial charge in [0.05, 0.1) is 30.8 Å². The lowest BCUT2D eigenvalue weighted by atomic mass is 10.1. The smallest absolute Gasteiger partial charge is 0.276 e. The van der Waals surface area contributed by atoms with Crippen LogP contribution in [0.15, 0.2) is 18.2 Å². The van der Waals surface area contributed by atoms with Crippen molar-refractivity contribution in [2.24, 2.45) is 5.92 Å². The van der Waals surface area contributed by atoms with Crippen molar-refractivity contribution in [3.63, 3.8) is 0 Å². The normalized spacial score (nSPS) is 18.6. The van der Waals surface area contributed by atoms with Gasteiger partial charge >= 0.3 is 0 Å². The molecule has 0 saturated carbocycles. The Kier molecular flexibility index (Phi) is 3.99. The minimum atomic E-state index is -0.452. The molecule has 1 heterocycles. The number of non-ortho nitro benzene ring substituents is 1. The van der Waals surface area contributed by atoms with E-state index in [0.29, 0.717) is 24.0 Å². The topological polar surface area (TPSA) is 73.6 Å². The lowest BCUT2D eigenvalue weighted by Crippen LogP contribution is -2.15. The second-order valence-electron chi connectivity index (χ2n) is 4.29. The predicted molar refractivity (Wildman–Crippen MR) is 66.1 cm³/mol. The zero-order valence-electron chi connectivity index (χ0n) is 10.2. The average molecular weight is 252 g/mol. The van der Waals surface area contributed by atoms with Crippen molar-refractivity contribution in [2.75, 3.05) is 26.8 Å². The van der Waals surface area contributed by atoms with E-state index >= 15 is 0 Å². The molecule has 1 aliphatic rings. The first-order chi connectivity index (χ1) is 8.69. The van der Waals surface area contributed by atoms with E-state index in [9.17, 15) is 10.1 Å². The second kappa shape index (κ2) is 5.68. The molecule has 1 aliphatic heterocycles. The van der Waals surface area contributed by atoms with Gasteiger partial charge in [0, 0.05) is 18.5 Å². The van der Waals surface area contributed by atoms with Crippen LogP contribution in [0.3, 0.4) is 0 Å². The van der Waals surface area contributed by atoms with Crippen molar-refractivity contribution in [1.29, 1.82) is 0 Å². The number of methoxy groups -OCH3 is 1. The number of nitrogens with zero attached hydrogens (tertiary/aromatic N) is 1. The van der Waals surface area contributed by atoms with E-state index in [0.717, 1.165) is 19.5 Å². The maximum absolute atomic E-state index is 10.8. The highest BCUT2D eigenvalue weighted by Crippen LogP contribution is 2.27.